The van der Waals surface area contributed by atoms with Gasteiger partial charge in [-0.15, -0.1) is 11.3 Å². The van der Waals surface area contributed by atoms with Crippen molar-refractivity contribution >= 4 is 44.9 Å². The number of nitrogens with zero attached hydrogens (tertiary/aromatic N) is 2. The molecule has 1 aromatic carbocycles. The van der Waals surface area contributed by atoms with Gasteiger partial charge in [0.25, 0.3) is 5.91 Å². The number of Topliss-reactive ketones (excluding diaryl/α,β-unsaturated/α-hetero) is 1. The molecule has 0 aliphatic carbocycles. The summed E-state index contributed by atoms with van der Waals surface area (Å²) in [7, 11) is 1.83. The van der Waals surface area contributed by atoms with E-state index in [1.165, 1.54) is 11.3 Å². The molecule has 3 aromatic rings. The van der Waals surface area contributed by atoms with Gasteiger partial charge in [0.05, 0.1) is 21.8 Å². The van der Waals surface area contributed by atoms with Crippen LogP contribution in [0.3, 0.4) is 0 Å². The van der Waals surface area contributed by atoms with E-state index in [0.717, 1.165) is 15.9 Å². The van der Waals surface area contributed by atoms with Crippen molar-refractivity contribution in [3.05, 3.63) is 46.5 Å². The highest BCUT2D eigenvalue weighted by Gasteiger charge is 2.24. The van der Waals surface area contributed by atoms with Crippen molar-refractivity contribution in [1.29, 1.82) is 0 Å². The molecule has 0 unspecified atom stereocenters. The third-order valence-corrected chi connectivity index (χ3v) is 5.69. The second kappa shape index (κ2) is 7.79. The molecule has 0 spiro atoms. The maximum atomic E-state index is 12.7. The standard InChI is InChI=1S/C21H23N3O4S/c1-12-14-10-16(29-19(14)24(5)23-12)18(26)22-15-9-7-6-8-13(15)20(27)28-11-17(25)21(2,3)4/h6-10H,11H2,1-5H3,(H,22,26). The number of ketones is 1. The lowest BCUT2D eigenvalue weighted by Gasteiger charge is -2.16. The monoisotopic (exact) mass is 413 g/mol. The minimum atomic E-state index is -0.658. The molecular weight excluding hydrogens is 390 g/mol. The molecule has 0 aliphatic heterocycles. The van der Waals surface area contributed by atoms with E-state index in [9.17, 15) is 14.4 Å². The molecule has 0 radical (unpaired) electrons. The number of hydrogen-bond donors (Lipinski definition) is 1. The SMILES string of the molecule is Cc1nn(C)c2sc(C(=O)Nc3ccccc3C(=O)OCC(=O)C(C)(C)C)cc12. The molecule has 7 nitrogen and oxygen atoms in total. The minimum Gasteiger partial charge on any atom is -0.454 e. The number of aryl methyl sites for hydroxylation is 2. The van der Waals surface area contributed by atoms with Gasteiger partial charge in [-0.1, -0.05) is 32.9 Å². The quantitative estimate of drug-likeness (QED) is 0.639. The molecule has 1 N–H and O–H groups in total. The number of aromatic nitrogens is 2. The van der Waals surface area contributed by atoms with Crippen LogP contribution in [-0.2, 0) is 16.6 Å². The van der Waals surface area contributed by atoms with Crippen LogP contribution in [-0.4, -0.2) is 34.0 Å². The number of amides is 1. The Morgan fingerprint density at radius 1 is 1.21 bits per heavy atom. The van der Waals surface area contributed by atoms with Crippen LogP contribution in [0.5, 0.6) is 0 Å². The molecule has 0 fully saturated rings. The van der Waals surface area contributed by atoms with Crippen molar-refractivity contribution in [3.8, 4) is 0 Å². The van der Waals surface area contributed by atoms with E-state index in [4.69, 9.17) is 4.74 Å². The van der Waals surface area contributed by atoms with Gasteiger partial charge < -0.3 is 10.1 Å². The lowest BCUT2D eigenvalue weighted by atomic mass is 9.91. The Balaban J connectivity index is 1.77. The summed E-state index contributed by atoms with van der Waals surface area (Å²) in [6.45, 7) is 6.87. The number of rotatable bonds is 5. The number of fused-ring (bicyclic) bond motifs is 1. The molecule has 3 rings (SSSR count). The molecule has 0 bridgehead atoms. The van der Waals surface area contributed by atoms with Crippen molar-refractivity contribution in [1.82, 2.24) is 9.78 Å². The lowest BCUT2D eigenvalue weighted by Crippen LogP contribution is -2.26. The molecule has 0 atom stereocenters. The topological polar surface area (TPSA) is 90.3 Å². The summed E-state index contributed by atoms with van der Waals surface area (Å²) in [4.78, 5) is 38.6. The van der Waals surface area contributed by atoms with Crippen molar-refractivity contribution in [2.24, 2.45) is 12.5 Å². The van der Waals surface area contributed by atoms with Crippen LogP contribution in [0.15, 0.2) is 30.3 Å². The average Bonchev–Trinajstić information content (AvgIpc) is 3.21. The van der Waals surface area contributed by atoms with Crippen LogP contribution in [0.2, 0.25) is 0 Å². The Morgan fingerprint density at radius 2 is 1.90 bits per heavy atom. The largest absolute Gasteiger partial charge is 0.454 e. The number of esters is 1. The number of nitrogens with one attached hydrogen (secondary N) is 1. The first-order valence-corrected chi connectivity index (χ1v) is 9.93. The number of hydrogen-bond acceptors (Lipinski definition) is 6. The van der Waals surface area contributed by atoms with Gasteiger partial charge in [0.15, 0.2) is 12.4 Å². The Kier molecular flexibility index (Phi) is 5.57. The Morgan fingerprint density at radius 3 is 2.55 bits per heavy atom. The first kappa shape index (κ1) is 20.7. The van der Waals surface area contributed by atoms with Crippen LogP contribution < -0.4 is 5.32 Å². The van der Waals surface area contributed by atoms with E-state index >= 15 is 0 Å². The zero-order chi connectivity index (χ0) is 21.3. The molecule has 0 aliphatic rings. The molecule has 2 aromatic heterocycles. The Hall–Kier alpha value is -3.00. The Labute approximate surface area is 172 Å². The number of benzene rings is 1. The Bertz CT molecular complexity index is 1070. The zero-order valence-corrected chi connectivity index (χ0v) is 17.8. The van der Waals surface area contributed by atoms with Crippen LogP contribution >= 0.6 is 11.3 Å². The molecule has 0 saturated carbocycles. The summed E-state index contributed by atoms with van der Waals surface area (Å²) in [6, 6.07) is 8.36. The number of para-hydroxylation sites is 1. The van der Waals surface area contributed by atoms with E-state index < -0.39 is 11.4 Å². The summed E-state index contributed by atoms with van der Waals surface area (Å²) in [5.74, 6) is -1.16. The third kappa shape index (κ3) is 4.37. The zero-order valence-electron chi connectivity index (χ0n) is 17.0. The van der Waals surface area contributed by atoms with Crippen LogP contribution in [0.25, 0.3) is 10.2 Å². The van der Waals surface area contributed by atoms with Crippen molar-refractivity contribution in [3.63, 3.8) is 0 Å². The van der Waals surface area contributed by atoms with Gasteiger partial charge in [0.2, 0.25) is 0 Å². The summed E-state index contributed by atoms with van der Waals surface area (Å²) in [6.07, 6.45) is 0. The van der Waals surface area contributed by atoms with Crippen molar-refractivity contribution < 1.29 is 19.1 Å². The highest BCUT2D eigenvalue weighted by Crippen LogP contribution is 2.28. The van der Waals surface area contributed by atoms with Gasteiger partial charge >= 0.3 is 5.97 Å². The van der Waals surface area contributed by atoms with Gasteiger partial charge in [-0.25, -0.2) is 4.79 Å². The smallest absolute Gasteiger partial charge is 0.340 e. The highest BCUT2D eigenvalue weighted by atomic mass is 32.1. The van der Waals surface area contributed by atoms with Crippen LogP contribution in [0, 0.1) is 12.3 Å². The fraction of sp³-hybridized carbons (Fsp3) is 0.333. The predicted octanol–water partition coefficient (Wildman–Crippen LogP) is 3.97. The van der Waals surface area contributed by atoms with Crippen molar-refractivity contribution in [2.75, 3.05) is 11.9 Å². The van der Waals surface area contributed by atoms with Crippen LogP contribution in [0.4, 0.5) is 5.69 Å². The second-order valence-corrected chi connectivity index (χ2v) is 8.82. The van der Waals surface area contributed by atoms with E-state index in [0.29, 0.717) is 10.6 Å². The highest BCUT2D eigenvalue weighted by molar-refractivity contribution is 7.20. The number of anilines is 1. The summed E-state index contributed by atoms with van der Waals surface area (Å²) >= 11 is 1.33. The first-order chi connectivity index (χ1) is 13.6. The normalized spacial score (nSPS) is 11.5. The molecule has 29 heavy (non-hydrogen) atoms. The number of carbonyl (C=O) groups excluding carboxylic acids is 3. The number of ether oxygens (including phenoxy) is 1. The van der Waals surface area contributed by atoms with E-state index in [2.05, 4.69) is 10.4 Å². The summed E-state index contributed by atoms with van der Waals surface area (Å²) < 4.78 is 6.90. The van der Waals surface area contributed by atoms with Gasteiger partial charge in [-0.2, -0.15) is 5.10 Å². The minimum absolute atomic E-state index is 0.179. The fourth-order valence-corrected chi connectivity index (χ4v) is 3.71. The van der Waals surface area contributed by atoms with Gasteiger partial charge in [-0.05, 0) is 25.1 Å². The van der Waals surface area contributed by atoms with Crippen LogP contribution in [0.1, 0.15) is 46.5 Å². The lowest BCUT2D eigenvalue weighted by molar-refractivity contribution is -0.129. The van der Waals surface area contributed by atoms with E-state index in [1.54, 1.807) is 55.8 Å². The maximum absolute atomic E-state index is 12.7. The van der Waals surface area contributed by atoms with E-state index in [1.807, 2.05) is 14.0 Å². The van der Waals surface area contributed by atoms with Gasteiger partial charge in [0.1, 0.15) is 4.83 Å². The summed E-state index contributed by atoms with van der Waals surface area (Å²) in [5.41, 5.74) is 0.784. The molecule has 2 heterocycles. The average molecular weight is 413 g/mol. The van der Waals surface area contributed by atoms with Crippen molar-refractivity contribution in [2.45, 2.75) is 27.7 Å². The third-order valence-electron chi connectivity index (χ3n) is 4.49. The number of thiophene rings is 1. The fourth-order valence-electron chi connectivity index (χ4n) is 2.70. The number of carbonyl (C=O) groups is 3. The molecule has 1 amide bonds. The predicted molar refractivity (Wildman–Crippen MR) is 112 cm³/mol. The molecule has 0 saturated heterocycles. The van der Waals surface area contributed by atoms with Gasteiger partial charge in [0, 0.05) is 17.8 Å². The first-order valence-electron chi connectivity index (χ1n) is 9.12. The second-order valence-electron chi connectivity index (χ2n) is 7.79. The maximum Gasteiger partial charge on any atom is 0.340 e. The van der Waals surface area contributed by atoms with E-state index in [-0.39, 0.29) is 23.9 Å². The molecule has 152 valence electrons. The molecule has 8 heteroatoms. The molecular formula is C21H23N3O4S. The summed E-state index contributed by atoms with van der Waals surface area (Å²) in [5, 5.41) is 8.03. The van der Waals surface area contributed by atoms with Gasteiger partial charge in [-0.3, -0.25) is 14.3 Å².